The first-order chi connectivity index (χ1) is 29.6. The molecule has 0 fully saturated rings. The standard InChI is InChI=1S/C55H92O5/c1-4-7-10-13-16-19-22-25-27-28-29-31-33-36-39-42-45-48-54(56)59-52-53(51-58-50-47-44-41-38-35-32-26-23-20-17-14-11-8-5-2)60-55(57)49-46-43-40-37-34-30-24-21-18-15-12-9-6-3/h7-8,10-12,15-17,19-21,24-27,32,53H,4-6,9,13-14,18,22-23,28-31,33-52H2,1-3H3/b10-7-,11-8-,15-12-,19-16-,20-17-,24-21-,27-25-,32-26-. The van der Waals surface area contributed by atoms with Crippen molar-refractivity contribution in [2.24, 2.45) is 0 Å². The average molecular weight is 833 g/mol. The molecule has 0 N–H and O–H groups in total. The molecular weight excluding hydrogens is 741 g/mol. The Kier molecular flexibility index (Phi) is 47.5. The lowest BCUT2D eigenvalue weighted by atomic mass is 10.1. The van der Waals surface area contributed by atoms with Crippen LogP contribution in [-0.2, 0) is 23.8 Å². The third-order valence-electron chi connectivity index (χ3n) is 10.1. The molecule has 0 heterocycles. The van der Waals surface area contributed by atoms with Gasteiger partial charge in [-0.15, -0.1) is 0 Å². The molecule has 0 spiro atoms. The number of unbranched alkanes of at least 4 members (excludes halogenated alkanes) is 17. The van der Waals surface area contributed by atoms with Gasteiger partial charge in [0.15, 0.2) is 6.10 Å². The topological polar surface area (TPSA) is 61.8 Å². The van der Waals surface area contributed by atoms with Crippen molar-refractivity contribution in [3.63, 3.8) is 0 Å². The predicted octanol–water partition coefficient (Wildman–Crippen LogP) is 16.7. The molecule has 0 aliphatic carbocycles. The Balaban J connectivity index is 4.34. The minimum absolute atomic E-state index is 0.0600. The highest BCUT2D eigenvalue weighted by molar-refractivity contribution is 5.70. The highest BCUT2D eigenvalue weighted by Gasteiger charge is 2.17. The van der Waals surface area contributed by atoms with E-state index in [0.29, 0.717) is 19.4 Å². The summed E-state index contributed by atoms with van der Waals surface area (Å²) in [7, 11) is 0. The first kappa shape index (κ1) is 56.8. The molecule has 1 atom stereocenters. The van der Waals surface area contributed by atoms with Crippen molar-refractivity contribution in [2.45, 2.75) is 219 Å². The summed E-state index contributed by atoms with van der Waals surface area (Å²) in [5, 5.41) is 0. The summed E-state index contributed by atoms with van der Waals surface area (Å²) in [5.74, 6) is -0.443. The van der Waals surface area contributed by atoms with Gasteiger partial charge in [0.25, 0.3) is 0 Å². The van der Waals surface area contributed by atoms with Crippen LogP contribution in [0, 0.1) is 0 Å². The van der Waals surface area contributed by atoms with Gasteiger partial charge in [0, 0.05) is 19.4 Å². The molecule has 342 valence electrons. The molecule has 0 saturated carbocycles. The molecule has 0 bridgehead atoms. The summed E-state index contributed by atoms with van der Waals surface area (Å²) in [6.07, 6.45) is 67.0. The molecule has 0 aliphatic rings. The maximum atomic E-state index is 12.8. The Labute approximate surface area is 371 Å². The van der Waals surface area contributed by atoms with E-state index in [1.54, 1.807) is 0 Å². The second kappa shape index (κ2) is 50.2. The van der Waals surface area contributed by atoms with Gasteiger partial charge in [-0.2, -0.15) is 0 Å². The molecule has 0 radical (unpaired) electrons. The Hall–Kier alpha value is -3.18. The molecule has 5 heteroatoms. The van der Waals surface area contributed by atoms with E-state index in [4.69, 9.17) is 14.2 Å². The summed E-state index contributed by atoms with van der Waals surface area (Å²) in [6, 6.07) is 0. The van der Waals surface area contributed by atoms with E-state index in [2.05, 4.69) is 118 Å². The second-order valence-electron chi connectivity index (χ2n) is 15.9. The Morgan fingerprint density at radius 2 is 0.750 bits per heavy atom. The maximum absolute atomic E-state index is 12.8. The van der Waals surface area contributed by atoms with Crippen molar-refractivity contribution >= 4 is 11.9 Å². The number of hydrogen-bond acceptors (Lipinski definition) is 5. The Morgan fingerprint density at radius 1 is 0.383 bits per heavy atom. The molecule has 0 saturated heterocycles. The van der Waals surface area contributed by atoms with Crippen LogP contribution < -0.4 is 0 Å². The summed E-state index contributed by atoms with van der Waals surface area (Å²) >= 11 is 0. The van der Waals surface area contributed by atoms with Crippen molar-refractivity contribution in [2.75, 3.05) is 19.8 Å². The molecule has 0 aromatic rings. The van der Waals surface area contributed by atoms with Gasteiger partial charge in [-0.05, 0) is 109 Å². The van der Waals surface area contributed by atoms with E-state index in [1.807, 2.05) is 0 Å². The Morgan fingerprint density at radius 3 is 1.20 bits per heavy atom. The van der Waals surface area contributed by atoms with E-state index in [-0.39, 0.29) is 25.2 Å². The van der Waals surface area contributed by atoms with Crippen LogP contribution in [0.25, 0.3) is 0 Å². The van der Waals surface area contributed by atoms with Crippen molar-refractivity contribution in [3.8, 4) is 0 Å². The first-order valence-electron chi connectivity index (χ1n) is 24.8. The van der Waals surface area contributed by atoms with Gasteiger partial charge in [-0.1, -0.05) is 189 Å². The van der Waals surface area contributed by atoms with Gasteiger partial charge in [0.05, 0.1) is 6.61 Å². The second-order valence-corrected chi connectivity index (χ2v) is 15.9. The van der Waals surface area contributed by atoms with E-state index in [1.165, 1.54) is 57.8 Å². The van der Waals surface area contributed by atoms with Gasteiger partial charge < -0.3 is 14.2 Å². The highest BCUT2D eigenvalue weighted by atomic mass is 16.6. The minimum Gasteiger partial charge on any atom is -0.462 e. The molecule has 5 nitrogen and oxygen atoms in total. The zero-order valence-electron chi connectivity index (χ0n) is 39.2. The summed E-state index contributed by atoms with van der Waals surface area (Å²) in [4.78, 5) is 25.4. The average Bonchev–Trinajstić information content (AvgIpc) is 3.25. The molecule has 1 unspecified atom stereocenters. The fraction of sp³-hybridized carbons (Fsp3) is 0.673. The SMILES string of the molecule is CC/C=C\C/C=C\C/C=C\CCCCCCCCCC(=O)OCC(COCCCCCC/C=C\C/C=C\C/C=C\CC)OC(=O)CCCCCCC/C=C\C/C=C\CCC. The molecular formula is C55H92O5. The van der Waals surface area contributed by atoms with Crippen molar-refractivity contribution in [1.82, 2.24) is 0 Å². The van der Waals surface area contributed by atoms with Crippen LogP contribution in [0.4, 0.5) is 0 Å². The van der Waals surface area contributed by atoms with E-state index >= 15 is 0 Å². The predicted molar refractivity (Wildman–Crippen MR) is 260 cm³/mol. The van der Waals surface area contributed by atoms with Crippen molar-refractivity contribution in [3.05, 3.63) is 97.2 Å². The number of rotatable bonds is 44. The number of hydrogen-bond donors (Lipinski definition) is 0. The molecule has 0 amide bonds. The van der Waals surface area contributed by atoms with Crippen LogP contribution in [0.15, 0.2) is 97.2 Å². The van der Waals surface area contributed by atoms with Gasteiger partial charge in [-0.25, -0.2) is 0 Å². The van der Waals surface area contributed by atoms with Crippen LogP contribution in [0.1, 0.15) is 213 Å². The van der Waals surface area contributed by atoms with Crippen molar-refractivity contribution < 1.29 is 23.8 Å². The lowest BCUT2D eigenvalue weighted by Gasteiger charge is -2.18. The van der Waals surface area contributed by atoms with E-state index in [9.17, 15) is 9.59 Å². The third-order valence-corrected chi connectivity index (χ3v) is 10.1. The smallest absolute Gasteiger partial charge is 0.306 e. The zero-order chi connectivity index (χ0) is 43.5. The molecule has 0 aromatic heterocycles. The zero-order valence-corrected chi connectivity index (χ0v) is 39.2. The van der Waals surface area contributed by atoms with E-state index < -0.39 is 6.10 Å². The number of ether oxygens (including phenoxy) is 3. The summed E-state index contributed by atoms with van der Waals surface area (Å²) < 4.78 is 17.3. The van der Waals surface area contributed by atoms with Gasteiger partial charge in [-0.3, -0.25) is 9.59 Å². The lowest BCUT2D eigenvalue weighted by Crippen LogP contribution is -2.30. The molecule has 0 aliphatic heterocycles. The summed E-state index contributed by atoms with van der Waals surface area (Å²) in [6.45, 7) is 7.46. The van der Waals surface area contributed by atoms with Crippen LogP contribution in [0.5, 0.6) is 0 Å². The first-order valence-corrected chi connectivity index (χ1v) is 24.8. The van der Waals surface area contributed by atoms with Gasteiger partial charge in [0.1, 0.15) is 6.61 Å². The molecule has 60 heavy (non-hydrogen) atoms. The quantitative estimate of drug-likeness (QED) is 0.0348. The fourth-order valence-corrected chi connectivity index (χ4v) is 6.46. The number of carbonyl (C=O) groups is 2. The maximum Gasteiger partial charge on any atom is 0.306 e. The van der Waals surface area contributed by atoms with E-state index in [0.717, 1.165) is 122 Å². The van der Waals surface area contributed by atoms with Crippen LogP contribution in [0.3, 0.4) is 0 Å². The lowest BCUT2D eigenvalue weighted by molar-refractivity contribution is -0.163. The van der Waals surface area contributed by atoms with Gasteiger partial charge >= 0.3 is 11.9 Å². The number of allylic oxidation sites excluding steroid dienone is 16. The highest BCUT2D eigenvalue weighted by Crippen LogP contribution is 2.13. The van der Waals surface area contributed by atoms with Crippen LogP contribution >= 0.6 is 0 Å². The van der Waals surface area contributed by atoms with Crippen molar-refractivity contribution in [1.29, 1.82) is 0 Å². The van der Waals surface area contributed by atoms with Crippen LogP contribution in [-0.4, -0.2) is 37.9 Å². The number of esters is 2. The molecule has 0 aromatic carbocycles. The summed E-state index contributed by atoms with van der Waals surface area (Å²) in [5.41, 5.74) is 0. The Bertz CT molecular complexity index is 1170. The minimum atomic E-state index is -0.564. The number of carbonyl (C=O) groups excluding carboxylic acids is 2. The normalized spacial score (nSPS) is 13.1. The third kappa shape index (κ3) is 47.5. The molecule has 0 rings (SSSR count). The van der Waals surface area contributed by atoms with Gasteiger partial charge in [0.2, 0.25) is 0 Å². The monoisotopic (exact) mass is 833 g/mol. The largest absolute Gasteiger partial charge is 0.462 e. The van der Waals surface area contributed by atoms with Crippen LogP contribution in [0.2, 0.25) is 0 Å². The fourth-order valence-electron chi connectivity index (χ4n) is 6.46.